The Morgan fingerprint density at radius 3 is 2.42 bits per heavy atom. The Morgan fingerprint density at radius 1 is 1.11 bits per heavy atom. The lowest BCUT2D eigenvalue weighted by molar-refractivity contribution is 0.318. The second kappa shape index (κ2) is 6.04. The predicted octanol–water partition coefficient (Wildman–Crippen LogP) is 3.69. The summed E-state index contributed by atoms with van der Waals surface area (Å²) in [6.45, 7) is 1.41. The van der Waals surface area contributed by atoms with E-state index in [1.807, 2.05) is 25.2 Å². The number of halogens is 2. The van der Waals surface area contributed by atoms with Crippen LogP contribution in [-0.4, -0.2) is 11.9 Å². The Bertz CT molecular complexity index is 572. The van der Waals surface area contributed by atoms with Crippen LogP contribution in [0, 0.1) is 5.82 Å². The number of rotatable bonds is 4. The maximum atomic E-state index is 13.1. The SMILES string of the molecule is CN(Cc1cccc(F)c1)Cc1ccc(Cl)c(N)c1. The molecule has 2 nitrogen and oxygen atoms in total. The number of nitrogens with zero attached hydrogens (tertiary/aromatic N) is 1. The van der Waals surface area contributed by atoms with Crippen LogP contribution in [0.5, 0.6) is 0 Å². The number of nitrogen functional groups attached to an aromatic ring is 1. The average molecular weight is 279 g/mol. The fourth-order valence-corrected chi connectivity index (χ4v) is 2.12. The van der Waals surface area contributed by atoms with Gasteiger partial charge in [0.05, 0.1) is 10.7 Å². The van der Waals surface area contributed by atoms with Crippen molar-refractivity contribution in [3.8, 4) is 0 Å². The highest BCUT2D eigenvalue weighted by Crippen LogP contribution is 2.20. The number of anilines is 1. The van der Waals surface area contributed by atoms with Crippen LogP contribution in [0.3, 0.4) is 0 Å². The summed E-state index contributed by atoms with van der Waals surface area (Å²) in [6, 6.07) is 12.2. The molecule has 0 aliphatic rings. The minimum atomic E-state index is -0.207. The first-order valence-electron chi connectivity index (χ1n) is 6.01. The summed E-state index contributed by atoms with van der Waals surface area (Å²) < 4.78 is 13.1. The first-order chi connectivity index (χ1) is 9.04. The molecule has 2 aromatic carbocycles. The van der Waals surface area contributed by atoms with Crippen molar-refractivity contribution in [2.45, 2.75) is 13.1 Å². The zero-order chi connectivity index (χ0) is 13.8. The molecule has 2 aromatic rings. The summed E-state index contributed by atoms with van der Waals surface area (Å²) in [4.78, 5) is 2.09. The predicted molar refractivity (Wildman–Crippen MR) is 77.4 cm³/mol. The summed E-state index contributed by atoms with van der Waals surface area (Å²) in [7, 11) is 1.98. The monoisotopic (exact) mass is 278 g/mol. The van der Waals surface area contributed by atoms with Gasteiger partial charge in [-0.25, -0.2) is 4.39 Å². The van der Waals surface area contributed by atoms with E-state index >= 15 is 0 Å². The van der Waals surface area contributed by atoms with Crippen molar-refractivity contribution < 1.29 is 4.39 Å². The van der Waals surface area contributed by atoms with Crippen LogP contribution in [0.15, 0.2) is 42.5 Å². The molecule has 0 spiro atoms. The van der Waals surface area contributed by atoms with Gasteiger partial charge in [-0.1, -0.05) is 29.8 Å². The number of hydrogen-bond acceptors (Lipinski definition) is 2. The standard InChI is InChI=1S/C15H16ClFN2/c1-19(9-11-3-2-4-13(17)7-11)10-12-5-6-14(16)15(18)8-12/h2-8H,9-10,18H2,1H3. The molecule has 4 heteroatoms. The Labute approximate surface area is 117 Å². The molecule has 0 unspecified atom stereocenters. The second-order valence-corrected chi connectivity index (χ2v) is 5.07. The minimum absolute atomic E-state index is 0.207. The van der Waals surface area contributed by atoms with Crippen LogP contribution in [0.25, 0.3) is 0 Å². The largest absolute Gasteiger partial charge is 0.398 e. The van der Waals surface area contributed by atoms with E-state index in [2.05, 4.69) is 4.90 Å². The molecule has 0 bridgehead atoms. The molecule has 19 heavy (non-hydrogen) atoms. The molecule has 0 heterocycles. The summed E-state index contributed by atoms with van der Waals surface area (Å²) >= 11 is 5.88. The van der Waals surface area contributed by atoms with Gasteiger partial charge in [-0.2, -0.15) is 0 Å². The van der Waals surface area contributed by atoms with Crippen molar-refractivity contribution >= 4 is 17.3 Å². The minimum Gasteiger partial charge on any atom is -0.398 e. The molecular formula is C15H16ClFN2. The van der Waals surface area contributed by atoms with Crippen LogP contribution in [0.4, 0.5) is 10.1 Å². The average Bonchev–Trinajstić information content (AvgIpc) is 2.34. The smallest absolute Gasteiger partial charge is 0.123 e. The number of hydrogen-bond donors (Lipinski definition) is 1. The second-order valence-electron chi connectivity index (χ2n) is 4.66. The van der Waals surface area contributed by atoms with Gasteiger partial charge in [-0.15, -0.1) is 0 Å². The van der Waals surface area contributed by atoms with Gasteiger partial charge in [0.25, 0.3) is 0 Å². The lowest BCUT2D eigenvalue weighted by atomic mass is 10.1. The molecule has 0 amide bonds. The van der Waals surface area contributed by atoms with Gasteiger partial charge < -0.3 is 5.73 Å². The zero-order valence-corrected chi connectivity index (χ0v) is 11.5. The van der Waals surface area contributed by atoms with E-state index < -0.39 is 0 Å². The Morgan fingerprint density at radius 2 is 1.79 bits per heavy atom. The van der Waals surface area contributed by atoms with E-state index in [0.717, 1.165) is 17.7 Å². The highest BCUT2D eigenvalue weighted by Gasteiger charge is 2.04. The summed E-state index contributed by atoms with van der Waals surface area (Å²) in [5.74, 6) is -0.207. The molecule has 0 atom stereocenters. The third-order valence-corrected chi connectivity index (χ3v) is 3.20. The molecule has 2 rings (SSSR count). The molecule has 100 valence electrons. The van der Waals surface area contributed by atoms with Crippen molar-refractivity contribution in [3.63, 3.8) is 0 Å². The van der Waals surface area contributed by atoms with Crippen LogP contribution in [0.1, 0.15) is 11.1 Å². The first kappa shape index (κ1) is 13.8. The van der Waals surface area contributed by atoms with Crippen LogP contribution in [-0.2, 0) is 13.1 Å². The molecule has 0 saturated heterocycles. The normalized spacial score (nSPS) is 10.9. The molecule has 0 aromatic heterocycles. The third kappa shape index (κ3) is 3.94. The van der Waals surface area contributed by atoms with Crippen LogP contribution in [0.2, 0.25) is 5.02 Å². The van der Waals surface area contributed by atoms with E-state index in [1.165, 1.54) is 6.07 Å². The Hall–Kier alpha value is -1.58. The lowest BCUT2D eigenvalue weighted by Gasteiger charge is -2.17. The van der Waals surface area contributed by atoms with E-state index in [4.69, 9.17) is 17.3 Å². The van der Waals surface area contributed by atoms with E-state index in [0.29, 0.717) is 17.3 Å². The van der Waals surface area contributed by atoms with Crippen molar-refractivity contribution in [2.24, 2.45) is 0 Å². The van der Waals surface area contributed by atoms with Gasteiger partial charge in [0.1, 0.15) is 5.82 Å². The highest BCUT2D eigenvalue weighted by atomic mass is 35.5. The van der Waals surface area contributed by atoms with Gasteiger partial charge >= 0.3 is 0 Å². The highest BCUT2D eigenvalue weighted by molar-refractivity contribution is 6.33. The Balaban J connectivity index is 2.01. The number of nitrogens with two attached hydrogens (primary N) is 1. The fraction of sp³-hybridized carbons (Fsp3) is 0.200. The van der Waals surface area contributed by atoms with Crippen molar-refractivity contribution in [3.05, 3.63) is 64.4 Å². The quantitative estimate of drug-likeness (QED) is 0.864. The third-order valence-electron chi connectivity index (χ3n) is 2.85. The summed E-state index contributed by atoms with van der Waals surface area (Å²) in [5.41, 5.74) is 8.38. The van der Waals surface area contributed by atoms with Gasteiger partial charge in [-0.3, -0.25) is 4.90 Å². The molecule has 0 aliphatic carbocycles. The zero-order valence-electron chi connectivity index (χ0n) is 10.7. The molecule has 0 saturated carbocycles. The maximum absolute atomic E-state index is 13.1. The van der Waals surface area contributed by atoms with Gasteiger partial charge in [0.15, 0.2) is 0 Å². The van der Waals surface area contributed by atoms with E-state index in [9.17, 15) is 4.39 Å². The molecule has 0 radical (unpaired) electrons. The summed E-state index contributed by atoms with van der Waals surface area (Å²) in [6.07, 6.45) is 0. The molecule has 0 aliphatic heterocycles. The molecular weight excluding hydrogens is 263 g/mol. The van der Waals surface area contributed by atoms with Crippen molar-refractivity contribution in [1.29, 1.82) is 0 Å². The van der Waals surface area contributed by atoms with Crippen LogP contribution >= 0.6 is 11.6 Å². The number of benzene rings is 2. The summed E-state index contributed by atoms with van der Waals surface area (Å²) in [5, 5.41) is 0.566. The lowest BCUT2D eigenvalue weighted by Crippen LogP contribution is -2.17. The van der Waals surface area contributed by atoms with Gasteiger partial charge in [0, 0.05) is 13.1 Å². The van der Waals surface area contributed by atoms with Crippen LogP contribution < -0.4 is 5.73 Å². The van der Waals surface area contributed by atoms with E-state index in [-0.39, 0.29) is 5.82 Å². The maximum Gasteiger partial charge on any atom is 0.123 e. The van der Waals surface area contributed by atoms with Crippen molar-refractivity contribution in [1.82, 2.24) is 4.90 Å². The fourth-order valence-electron chi connectivity index (χ4n) is 2.01. The topological polar surface area (TPSA) is 29.3 Å². The Kier molecular flexibility index (Phi) is 4.40. The molecule has 0 fully saturated rings. The first-order valence-corrected chi connectivity index (χ1v) is 6.39. The van der Waals surface area contributed by atoms with Crippen molar-refractivity contribution in [2.75, 3.05) is 12.8 Å². The van der Waals surface area contributed by atoms with Gasteiger partial charge in [-0.05, 0) is 42.4 Å². The van der Waals surface area contributed by atoms with E-state index in [1.54, 1.807) is 18.2 Å². The molecule has 2 N–H and O–H groups in total. The van der Waals surface area contributed by atoms with Gasteiger partial charge in [0.2, 0.25) is 0 Å².